The molecule has 0 unspecified atom stereocenters. The number of rotatable bonds is 4. The third-order valence-corrected chi connectivity index (χ3v) is 2.09. The summed E-state index contributed by atoms with van der Waals surface area (Å²) in [6.45, 7) is 1.70. The monoisotopic (exact) mass is 232 g/mol. The van der Waals surface area contributed by atoms with E-state index in [0.717, 1.165) is 0 Å². The largest absolute Gasteiger partial charge is 0.504 e. The van der Waals surface area contributed by atoms with Crippen LogP contribution < -0.4 is 4.74 Å². The minimum Gasteiger partial charge on any atom is -0.504 e. The first kappa shape index (κ1) is 11.2. The lowest BCUT2D eigenvalue weighted by molar-refractivity contribution is -0.117. The van der Waals surface area contributed by atoms with Crippen molar-refractivity contribution in [2.24, 2.45) is 0 Å². The van der Waals surface area contributed by atoms with Crippen molar-refractivity contribution in [2.75, 3.05) is 0 Å². The summed E-state index contributed by atoms with van der Waals surface area (Å²) < 4.78 is 6.91. The Labute approximate surface area is 98.3 Å². The molecule has 17 heavy (non-hydrogen) atoms. The van der Waals surface area contributed by atoms with Gasteiger partial charge in [0.05, 0.1) is 18.9 Å². The van der Waals surface area contributed by atoms with Crippen LogP contribution in [0.25, 0.3) is 0 Å². The normalized spacial score (nSPS) is 10.2. The van der Waals surface area contributed by atoms with Crippen LogP contribution in [0, 0.1) is 0 Å². The van der Waals surface area contributed by atoms with Crippen molar-refractivity contribution in [1.82, 2.24) is 9.78 Å². The number of benzene rings is 1. The highest BCUT2D eigenvalue weighted by atomic mass is 16.5. The van der Waals surface area contributed by atoms with Crippen molar-refractivity contribution in [2.45, 2.75) is 13.5 Å². The van der Waals surface area contributed by atoms with Crippen LogP contribution in [0.3, 0.4) is 0 Å². The molecule has 5 heteroatoms. The fourth-order valence-corrected chi connectivity index (χ4v) is 1.38. The summed E-state index contributed by atoms with van der Waals surface area (Å²) >= 11 is 0. The molecular weight excluding hydrogens is 220 g/mol. The molecule has 2 rings (SSSR count). The molecule has 1 aromatic carbocycles. The summed E-state index contributed by atoms with van der Waals surface area (Å²) in [6, 6.07) is 6.66. The zero-order valence-corrected chi connectivity index (χ0v) is 9.33. The van der Waals surface area contributed by atoms with Gasteiger partial charge in [0.15, 0.2) is 23.0 Å². The van der Waals surface area contributed by atoms with E-state index in [1.54, 1.807) is 24.4 Å². The van der Waals surface area contributed by atoms with E-state index in [1.807, 2.05) is 0 Å². The predicted octanol–water partition coefficient (Wildman–Crippen LogP) is 1.97. The molecule has 0 aliphatic heterocycles. The van der Waals surface area contributed by atoms with Crippen molar-refractivity contribution in [3.8, 4) is 17.2 Å². The Morgan fingerprint density at radius 1 is 1.47 bits per heavy atom. The van der Waals surface area contributed by atoms with Gasteiger partial charge in [-0.25, -0.2) is 0 Å². The van der Waals surface area contributed by atoms with Crippen LogP contribution in [0.4, 0.5) is 0 Å². The van der Waals surface area contributed by atoms with Crippen LogP contribution in [-0.2, 0) is 11.3 Å². The molecule has 0 saturated carbocycles. The molecule has 0 saturated heterocycles. The third-order valence-electron chi connectivity index (χ3n) is 2.09. The zero-order chi connectivity index (χ0) is 12.3. The van der Waals surface area contributed by atoms with Crippen LogP contribution >= 0.6 is 0 Å². The van der Waals surface area contributed by atoms with E-state index >= 15 is 0 Å². The lowest BCUT2D eigenvalue weighted by atomic mass is 10.3. The number of Topliss-reactive ketones (excluding diaryl/α,β-unsaturated/α-hetero) is 1. The molecule has 1 N–H and O–H groups in total. The summed E-state index contributed by atoms with van der Waals surface area (Å²) in [5, 5.41) is 13.5. The van der Waals surface area contributed by atoms with Gasteiger partial charge >= 0.3 is 0 Å². The fourth-order valence-electron chi connectivity index (χ4n) is 1.38. The summed E-state index contributed by atoms with van der Waals surface area (Å²) in [6.07, 6.45) is 3.10. The topological polar surface area (TPSA) is 64.3 Å². The number of para-hydroxylation sites is 2. The van der Waals surface area contributed by atoms with E-state index in [9.17, 15) is 9.90 Å². The average molecular weight is 232 g/mol. The first-order chi connectivity index (χ1) is 8.15. The van der Waals surface area contributed by atoms with E-state index in [-0.39, 0.29) is 18.1 Å². The Bertz CT molecular complexity index is 534. The molecule has 0 radical (unpaired) electrons. The van der Waals surface area contributed by atoms with Gasteiger partial charge in [-0.2, -0.15) is 5.10 Å². The van der Waals surface area contributed by atoms with Gasteiger partial charge in [0.2, 0.25) is 0 Å². The van der Waals surface area contributed by atoms with Crippen LogP contribution in [0.1, 0.15) is 6.92 Å². The van der Waals surface area contributed by atoms with Gasteiger partial charge in [-0.15, -0.1) is 0 Å². The van der Waals surface area contributed by atoms with Crippen LogP contribution in [0.5, 0.6) is 17.2 Å². The van der Waals surface area contributed by atoms with E-state index < -0.39 is 0 Å². The number of carbonyl (C=O) groups is 1. The minimum absolute atomic E-state index is 0.0159. The van der Waals surface area contributed by atoms with Gasteiger partial charge in [0, 0.05) is 0 Å². The smallest absolute Gasteiger partial charge is 0.169 e. The highest BCUT2D eigenvalue weighted by Crippen LogP contribution is 2.29. The van der Waals surface area contributed by atoms with Crippen LogP contribution in [0.15, 0.2) is 36.7 Å². The van der Waals surface area contributed by atoms with Gasteiger partial charge in [0.1, 0.15) is 0 Å². The molecular formula is C12H12N2O3. The standard InChI is InChI=1S/C12H12N2O3/c1-9(15)7-14-8-10(6-13-14)17-12-5-3-2-4-11(12)16/h2-6,8,16H,7H2,1H3. The van der Waals surface area contributed by atoms with Gasteiger partial charge in [-0.05, 0) is 19.1 Å². The molecule has 5 nitrogen and oxygen atoms in total. The molecule has 0 fully saturated rings. The number of hydrogen-bond acceptors (Lipinski definition) is 4. The number of phenols is 1. The summed E-state index contributed by atoms with van der Waals surface area (Å²) in [5.41, 5.74) is 0. The van der Waals surface area contributed by atoms with E-state index in [1.165, 1.54) is 23.9 Å². The molecule has 0 amide bonds. The second kappa shape index (κ2) is 4.69. The number of ether oxygens (including phenoxy) is 1. The number of nitrogens with zero attached hydrogens (tertiary/aromatic N) is 2. The first-order valence-corrected chi connectivity index (χ1v) is 5.13. The molecule has 0 aliphatic rings. The Kier molecular flexibility index (Phi) is 3.09. The summed E-state index contributed by atoms with van der Waals surface area (Å²) in [4.78, 5) is 10.9. The Balaban J connectivity index is 2.12. The maximum atomic E-state index is 10.9. The number of phenolic OH excluding ortho intramolecular Hbond substituents is 1. The second-order valence-electron chi connectivity index (χ2n) is 3.65. The van der Waals surface area contributed by atoms with E-state index in [0.29, 0.717) is 11.5 Å². The maximum absolute atomic E-state index is 10.9. The van der Waals surface area contributed by atoms with E-state index in [4.69, 9.17) is 4.74 Å². The molecule has 88 valence electrons. The zero-order valence-electron chi connectivity index (χ0n) is 9.33. The molecule has 0 bridgehead atoms. The van der Waals surface area contributed by atoms with Crippen molar-refractivity contribution in [3.63, 3.8) is 0 Å². The Morgan fingerprint density at radius 3 is 2.94 bits per heavy atom. The lowest BCUT2D eigenvalue weighted by Crippen LogP contribution is -2.05. The van der Waals surface area contributed by atoms with Gasteiger partial charge in [-0.3, -0.25) is 9.48 Å². The number of aromatic hydroxyl groups is 1. The third kappa shape index (κ3) is 2.84. The summed E-state index contributed by atoms with van der Waals surface area (Å²) in [5.74, 6) is 0.914. The summed E-state index contributed by atoms with van der Waals surface area (Å²) in [7, 11) is 0. The predicted molar refractivity (Wildman–Crippen MR) is 61.1 cm³/mol. The maximum Gasteiger partial charge on any atom is 0.169 e. The van der Waals surface area contributed by atoms with Crippen molar-refractivity contribution in [1.29, 1.82) is 0 Å². The Hall–Kier alpha value is -2.30. The quantitative estimate of drug-likeness (QED) is 0.875. The SMILES string of the molecule is CC(=O)Cn1cc(Oc2ccccc2O)cn1. The van der Waals surface area contributed by atoms with E-state index in [2.05, 4.69) is 5.10 Å². The molecule has 1 heterocycles. The second-order valence-corrected chi connectivity index (χ2v) is 3.65. The van der Waals surface area contributed by atoms with Crippen LogP contribution in [0.2, 0.25) is 0 Å². The van der Waals surface area contributed by atoms with Crippen molar-refractivity contribution in [3.05, 3.63) is 36.7 Å². The van der Waals surface area contributed by atoms with Crippen molar-refractivity contribution < 1.29 is 14.6 Å². The molecule has 2 aromatic rings. The number of carbonyl (C=O) groups excluding carboxylic acids is 1. The molecule has 0 spiro atoms. The van der Waals surface area contributed by atoms with Gasteiger partial charge in [0.25, 0.3) is 0 Å². The number of hydrogen-bond donors (Lipinski definition) is 1. The first-order valence-electron chi connectivity index (χ1n) is 5.13. The molecule has 0 aliphatic carbocycles. The highest BCUT2D eigenvalue weighted by molar-refractivity contribution is 5.75. The Morgan fingerprint density at radius 2 is 2.24 bits per heavy atom. The number of aromatic nitrogens is 2. The fraction of sp³-hybridized carbons (Fsp3) is 0.167. The van der Waals surface area contributed by atoms with Gasteiger partial charge in [-0.1, -0.05) is 12.1 Å². The highest BCUT2D eigenvalue weighted by Gasteiger charge is 2.05. The van der Waals surface area contributed by atoms with Crippen LogP contribution in [-0.4, -0.2) is 20.7 Å². The lowest BCUT2D eigenvalue weighted by Gasteiger charge is -2.03. The van der Waals surface area contributed by atoms with Gasteiger partial charge < -0.3 is 9.84 Å². The average Bonchev–Trinajstić information content (AvgIpc) is 2.68. The van der Waals surface area contributed by atoms with Crippen molar-refractivity contribution >= 4 is 5.78 Å². The molecule has 1 aromatic heterocycles. The molecule has 0 atom stereocenters. The number of ketones is 1. The minimum atomic E-state index is 0.0159.